The topological polar surface area (TPSA) is 79.7 Å². The summed E-state index contributed by atoms with van der Waals surface area (Å²) in [5.41, 5.74) is 2.44. The van der Waals surface area contributed by atoms with Gasteiger partial charge in [0.15, 0.2) is 0 Å². The number of halogens is 1. The van der Waals surface area contributed by atoms with E-state index in [1.165, 1.54) is 18.2 Å². The van der Waals surface area contributed by atoms with Crippen LogP contribution in [0.4, 0.5) is 10.1 Å². The van der Waals surface area contributed by atoms with E-state index in [0.717, 1.165) is 50.4 Å². The highest BCUT2D eigenvalue weighted by Gasteiger charge is 2.17. The quantitative estimate of drug-likeness (QED) is 0.533. The van der Waals surface area contributed by atoms with Gasteiger partial charge >= 0.3 is 0 Å². The van der Waals surface area contributed by atoms with Gasteiger partial charge in [-0.05, 0) is 42.5 Å². The maximum Gasteiger partial charge on any atom is 0.255 e. The van der Waals surface area contributed by atoms with Crippen LogP contribution < -0.4 is 10.1 Å². The van der Waals surface area contributed by atoms with Gasteiger partial charge in [0, 0.05) is 62.8 Å². The Hall–Kier alpha value is -3.72. The molecule has 9 heteroatoms. The molecule has 0 aliphatic carbocycles. The van der Waals surface area contributed by atoms with Gasteiger partial charge in [0.05, 0.1) is 5.69 Å². The van der Waals surface area contributed by atoms with Gasteiger partial charge < -0.3 is 15.0 Å². The fourth-order valence-electron chi connectivity index (χ4n) is 3.78. The lowest BCUT2D eigenvalue weighted by Gasteiger charge is -2.32. The monoisotopic (exact) mass is 451 g/mol. The number of aromatic nitrogens is 2. The van der Waals surface area contributed by atoms with E-state index >= 15 is 0 Å². The first kappa shape index (κ1) is 22.5. The van der Waals surface area contributed by atoms with Gasteiger partial charge in [0.2, 0.25) is 6.41 Å². The first-order valence-corrected chi connectivity index (χ1v) is 10.8. The van der Waals surface area contributed by atoms with Crippen molar-refractivity contribution in [2.24, 2.45) is 7.05 Å². The normalized spacial score (nSPS) is 14.2. The maximum absolute atomic E-state index is 13.5. The molecule has 8 nitrogen and oxygen atoms in total. The van der Waals surface area contributed by atoms with Crippen LogP contribution in [0.3, 0.4) is 0 Å². The minimum atomic E-state index is -0.463. The summed E-state index contributed by atoms with van der Waals surface area (Å²) in [4.78, 5) is 27.5. The third kappa shape index (κ3) is 5.56. The van der Waals surface area contributed by atoms with Gasteiger partial charge in [-0.1, -0.05) is 6.07 Å². The predicted octanol–water partition coefficient (Wildman–Crippen LogP) is 2.63. The maximum atomic E-state index is 13.5. The van der Waals surface area contributed by atoms with Crippen molar-refractivity contribution >= 4 is 18.0 Å². The average Bonchev–Trinajstić information content (AvgIpc) is 3.26. The molecule has 1 fully saturated rings. The summed E-state index contributed by atoms with van der Waals surface area (Å²) >= 11 is 0. The van der Waals surface area contributed by atoms with Gasteiger partial charge in [-0.15, -0.1) is 0 Å². The van der Waals surface area contributed by atoms with Crippen molar-refractivity contribution in [3.05, 3.63) is 66.1 Å². The fraction of sp³-hybridized carbons (Fsp3) is 0.292. The summed E-state index contributed by atoms with van der Waals surface area (Å²) in [5, 5.41) is 7.06. The number of ether oxygens (including phenoxy) is 1. The van der Waals surface area contributed by atoms with Gasteiger partial charge in [-0.25, -0.2) is 4.39 Å². The molecule has 0 spiro atoms. The van der Waals surface area contributed by atoms with E-state index in [2.05, 4.69) is 15.3 Å². The average molecular weight is 452 g/mol. The molecule has 1 aliphatic heterocycles. The molecule has 1 N–H and O–H groups in total. The minimum absolute atomic E-state index is 0.243. The molecule has 4 rings (SSSR count). The molecule has 1 aliphatic rings. The highest BCUT2D eigenvalue weighted by molar-refractivity contribution is 6.04. The Labute approximate surface area is 191 Å². The van der Waals surface area contributed by atoms with Gasteiger partial charge in [0.25, 0.3) is 5.91 Å². The molecule has 3 aromatic rings. The molecule has 0 saturated carbocycles. The molecule has 1 saturated heterocycles. The fourth-order valence-corrected chi connectivity index (χ4v) is 3.78. The van der Waals surface area contributed by atoms with Gasteiger partial charge in [-0.3, -0.25) is 19.2 Å². The molecule has 1 aromatic heterocycles. The minimum Gasteiger partial charge on any atom is -0.492 e. The molecule has 172 valence electrons. The third-order valence-corrected chi connectivity index (χ3v) is 5.64. The highest BCUT2D eigenvalue weighted by atomic mass is 19.1. The van der Waals surface area contributed by atoms with Crippen LogP contribution in [0.25, 0.3) is 11.3 Å². The molecule has 0 unspecified atom stereocenters. The zero-order chi connectivity index (χ0) is 23.2. The van der Waals surface area contributed by atoms with E-state index in [1.807, 2.05) is 25.2 Å². The molecule has 2 amide bonds. The third-order valence-electron chi connectivity index (χ3n) is 5.64. The molecule has 0 atom stereocenters. The van der Waals surface area contributed by atoms with E-state index in [4.69, 9.17) is 4.74 Å². The van der Waals surface area contributed by atoms with Crippen LogP contribution in [0, 0.1) is 5.82 Å². The Morgan fingerprint density at radius 3 is 2.67 bits per heavy atom. The number of anilines is 1. The number of nitrogens with zero attached hydrogens (tertiary/aromatic N) is 4. The van der Waals surface area contributed by atoms with E-state index < -0.39 is 11.7 Å². The first-order chi connectivity index (χ1) is 16.0. The number of rotatable bonds is 8. The number of hydrogen-bond donors (Lipinski definition) is 1. The van der Waals surface area contributed by atoms with E-state index in [9.17, 15) is 14.0 Å². The molecular formula is C24H26FN5O3. The standard InChI is InChI=1S/C24H26FN5O3/c1-28-22(7-8-26-28)21-16-20(27-24(32)18-3-2-4-19(25)15-18)5-6-23(21)33-14-13-29-9-11-30(17-31)12-10-29/h2-8,15-17H,9-14H2,1H3,(H,27,32). The van der Waals surface area contributed by atoms with Crippen LogP contribution in [0.15, 0.2) is 54.7 Å². The van der Waals surface area contributed by atoms with Gasteiger partial charge in [0.1, 0.15) is 18.2 Å². The highest BCUT2D eigenvalue weighted by Crippen LogP contribution is 2.32. The Kier molecular flexibility index (Phi) is 6.99. The number of hydrogen-bond acceptors (Lipinski definition) is 5. The van der Waals surface area contributed by atoms with Gasteiger partial charge in [-0.2, -0.15) is 5.10 Å². The van der Waals surface area contributed by atoms with Crippen LogP contribution in [0.1, 0.15) is 10.4 Å². The predicted molar refractivity (Wildman–Crippen MR) is 123 cm³/mol. The summed E-state index contributed by atoms with van der Waals surface area (Å²) in [7, 11) is 1.84. The lowest BCUT2D eigenvalue weighted by molar-refractivity contribution is -0.119. The number of piperazine rings is 1. The lowest BCUT2D eigenvalue weighted by Crippen LogP contribution is -2.46. The zero-order valence-corrected chi connectivity index (χ0v) is 18.4. The summed E-state index contributed by atoms with van der Waals surface area (Å²) in [6, 6.07) is 12.8. The van der Waals surface area contributed by atoms with Crippen molar-refractivity contribution in [3.63, 3.8) is 0 Å². The molecule has 0 radical (unpaired) electrons. The Balaban J connectivity index is 1.47. The number of carbonyl (C=O) groups is 2. The Morgan fingerprint density at radius 1 is 1.15 bits per heavy atom. The van der Waals surface area contributed by atoms with Crippen LogP contribution >= 0.6 is 0 Å². The first-order valence-electron chi connectivity index (χ1n) is 10.8. The van der Waals surface area contributed by atoms with E-state index in [-0.39, 0.29) is 5.56 Å². The van der Waals surface area contributed by atoms with E-state index in [0.29, 0.717) is 18.0 Å². The van der Waals surface area contributed by atoms with Crippen molar-refractivity contribution in [1.29, 1.82) is 0 Å². The molecular weight excluding hydrogens is 425 g/mol. The molecule has 0 bridgehead atoms. The van der Waals surface area contributed by atoms with Crippen molar-refractivity contribution in [1.82, 2.24) is 19.6 Å². The van der Waals surface area contributed by atoms with Crippen LogP contribution in [0.2, 0.25) is 0 Å². The summed E-state index contributed by atoms with van der Waals surface area (Å²) in [5.74, 6) is -0.183. The number of aryl methyl sites for hydroxylation is 1. The van der Waals surface area contributed by atoms with E-state index in [1.54, 1.807) is 27.9 Å². The van der Waals surface area contributed by atoms with Crippen molar-refractivity contribution in [3.8, 4) is 17.0 Å². The van der Waals surface area contributed by atoms with Crippen LogP contribution in [-0.4, -0.2) is 71.2 Å². The largest absolute Gasteiger partial charge is 0.492 e. The molecule has 33 heavy (non-hydrogen) atoms. The SMILES string of the molecule is Cn1nccc1-c1cc(NC(=O)c2cccc(F)c2)ccc1OCCN1CCN(C=O)CC1. The Bertz CT molecular complexity index is 1120. The molecule has 2 heterocycles. The van der Waals surface area contributed by atoms with Crippen molar-refractivity contribution < 1.29 is 18.7 Å². The van der Waals surface area contributed by atoms with Crippen molar-refractivity contribution in [2.75, 3.05) is 44.6 Å². The van der Waals surface area contributed by atoms with Crippen LogP contribution in [0.5, 0.6) is 5.75 Å². The van der Waals surface area contributed by atoms with Crippen LogP contribution in [-0.2, 0) is 11.8 Å². The van der Waals surface area contributed by atoms with Crippen molar-refractivity contribution in [2.45, 2.75) is 0 Å². The number of carbonyl (C=O) groups excluding carboxylic acids is 2. The summed E-state index contributed by atoms with van der Waals surface area (Å²) in [6.45, 7) is 4.33. The molecule has 2 aromatic carbocycles. The number of amides is 2. The smallest absolute Gasteiger partial charge is 0.255 e. The number of nitrogens with one attached hydrogen (secondary N) is 1. The number of benzene rings is 2. The second-order valence-electron chi connectivity index (χ2n) is 7.85. The second-order valence-corrected chi connectivity index (χ2v) is 7.85. The summed E-state index contributed by atoms with van der Waals surface area (Å²) in [6.07, 6.45) is 2.59. The summed E-state index contributed by atoms with van der Waals surface area (Å²) < 4.78 is 21.3. The zero-order valence-electron chi connectivity index (χ0n) is 18.4. The second kappa shape index (κ2) is 10.3. The Morgan fingerprint density at radius 2 is 1.97 bits per heavy atom. The lowest BCUT2D eigenvalue weighted by atomic mass is 10.1.